The first kappa shape index (κ1) is 31.9. The van der Waals surface area contributed by atoms with E-state index in [-0.39, 0.29) is 30.1 Å². The van der Waals surface area contributed by atoms with E-state index >= 15 is 0 Å². The average molecular weight is 595 g/mol. The van der Waals surface area contributed by atoms with Gasteiger partial charge in [-0.25, -0.2) is 0 Å². The number of anilines is 1. The van der Waals surface area contributed by atoms with Gasteiger partial charge in [0.15, 0.2) is 0 Å². The van der Waals surface area contributed by atoms with E-state index in [1.165, 1.54) is 0 Å². The van der Waals surface area contributed by atoms with Crippen LogP contribution in [0.3, 0.4) is 0 Å². The molecule has 9 heteroatoms. The summed E-state index contributed by atoms with van der Waals surface area (Å²) in [5.41, 5.74) is 10.9. The molecule has 0 aliphatic carbocycles. The minimum atomic E-state index is -0.740. The number of amides is 2. The van der Waals surface area contributed by atoms with E-state index in [2.05, 4.69) is 22.2 Å². The lowest BCUT2D eigenvalue weighted by Crippen LogP contribution is -2.55. The van der Waals surface area contributed by atoms with Crippen LogP contribution in [0.15, 0.2) is 77.3 Å². The van der Waals surface area contributed by atoms with E-state index in [4.69, 9.17) is 15.2 Å². The van der Waals surface area contributed by atoms with Gasteiger partial charge in [-0.05, 0) is 67.4 Å². The van der Waals surface area contributed by atoms with Crippen molar-refractivity contribution in [3.63, 3.8) is 0 Å². The summed E-state index contributed by atoms with van der Waals surface area (Å²) in [7, 11) is 3.23. The number of methoxy groups -OCH3 is 1. The largest absolute Gasteiger partial charge is 0.507 e. The maximum Gasteiger partial charge on any atom is 0.249 e. The van der Waals surface area contributed by atoms with Crippen molar-refractivity contribution in [2.75, 3.05) is 39.2 Å². The van der Waals surface area contributed by atoms with Crippen LogP contribution in [-0.2, 0) is 20.7 Å². The quantitative estimate of drug-likeness (QED) is 0.265. The average Bonchev–Trinajstić information content (AvgIpc) is 3.04. The number of carbonyl (C=O) groups excluding carboxylic acids is 2. The molecular formula is C35H38N4O5. The van der Waals surface area contributed by atoms with Crippen molar-refractivity contribution in [2.45, 2.75) is 26.3 Å². The highest BCUT2D eigenvalue weighted by Gasteiger charge is 2.35. The van der Waals surface area contributed by atoms with Crippen molar-refractivity contribution in [3.8, 4) is 23.3 Å². The summed E-state index contributed by atoms with van der Waals surface area (Å²) in [6.07, 6.45) is 2.10. The molecule has 0 bridgehead atoms. The second-order valence-electron chi connectivity index (χ2n) is 10.6. The number of nitrogens with two attached hydrogens (primary N) is 1. The van der Waals surface area contributed by atoms with Crippen LogP contribution in [0.25, 0.3) is 5.70 Å². The number of hydrogen-bond donors (Lipinski definition) is 3. The Bertz CT molecular complexity index is 1600. The van der Waals surface area contributed by atoms with Gasteiger partial charge < -0.3 is 30.5 Å². The molecule has 4 rings (SSSR count). The van der Waals surface area contributed by atoms with Crippen LogP contribution in [0.1, 0.15) is 29.2 Å². The molecule has 1 heterocycles. The number of ether oxygens (including phenoxy) is 2. The number of phenolic OH excluding ortho intramolecular Hbond substituents is 1. The van der Waals surface area contributed by atoms with E-state index < -0.39 is 6.04 Å². The fourth-order valence-electron chi connectivity index (χ4n) is 4.88. The summed E-state index contributed by atoms with van der Waals surface area (Å²) in [6.45, 7) is 4.64. The molecule has 0 saturated carbocycles. The summed E-state index contributed by atoms with van der Waals surface area (Å²) in [4.78, 5) is 32.4. The second-order valence-corrected chi connectivity index (χ2v) is 10.6. The number of rotatable bonds is 8. The highest BCUT2D eigenvalue weighted by molar-refractivity contribution is 5.98. The number of morpholine rings is 1. The third-order valence-electron chi connectivity index (χ3n) is 7.32. The highest BCUT2D eigenvalue weighted by Crippen LogP contribution is 2.25. The zero-order valence-electron chi connectivity index (χ0n) is 25.5. The Kier molecular flexibility index (Phi) is 10.8. The summed E-state index contributed by atoms with van der Waals surface area (Å²) in [5.74, 6) is 6.21. The molecule has 9 nitrogen and oxygen atoms in total. The molecule has 1 unspecified atom stereocenters. The molecular weight excluding hydrogens is 556 g/mol. The molecule has 1 aliphatic heterocycles. The molecule has 44 heavy (non-hydrogen) atoms. The minimum Gasteiger partial charge on any atom is -0.507 e. The molecule has 1 aliphatic rings. The van der Waals surface area contributed by atoms with Crippen LogP contribution in [-0.4, -0.2) is 68.0 Å². The van der Waals surface area contributed by atoms with E-state index in [0.29, 0.717) is 47.7 Å². The third-order valence-corrected chi connectivity index (χ3v) is 7.32. The second kappa shape index (κ2) is 14.9. The normalized spacial score (nSPS) is 16.0. The van der Waals surface area contributed by atoms with Gasteiger partial charge in [0, 0.05) is 42.5 Å². The minimum absolute atomic E-state index is 0.0623. The lowest BCUT2D eigenvalue weighted by molar-refractivity contribution is -0.149. The molecule has 3 aromatic rings. The van der Waals surface area contributed by atoms with Crippen LogP contribution in [0.2, 0.25) is 0 Å². The summed E-state index contributed by atoms with van der Waals surface area (Å²) in [5, 5.41) is 13.2. The van der Waals surface area contributed by atoms with Gasteiger partial charge in [0.05, 0.1) is 31.6 Å². The number of benzene rings is 3. The zero-order valence-corrected chi connectivity index (χ0v) is 25.5. The number of nitrogens with zero attached hydrogens (tertiary/aromatic N) is 2. The molecule has 1 fully saturated rings. The number of aliphatic imine (C=N–C) groups is 1. The van der Waals surface area contributed by atoms with Crippen molar-refractivity contribution < 1.29 is 24.2 Å². The van der Waals surface area contributed by atoms with Gasteiger partial charge in [-0.3, -0.25) is 14.6 Å². The zero-order chi connectivity index (χ0) is 31.6. The molecule has 0 aromatic heterocycles. The Balaban J connectivity index is 1.43. The van der Waals surface area contributed by atoms with Crippen molar-refractivity contribution in [1.82, 2.24) is 4.90 Å². The number of allylic oxidation sites excluding steroid dienone is 1. The van der Waals surface area contributed by atoms with Gasteiger partial charge in [-0.2, -0.15) is 0 Å². The number of carbonyl (C=O) groups is 2. The maximum absolute atomic E-state index is 13.4. The van der Waals surface area contributed by atoms with Gasteiger partial charge in [-0.15, -0.1) is 0 Å². The van der Waals surface area contributed by atoms with E-state index in [1.807, 2.05) is 38.1 Å². The van der Waals surface area contributed by atoms with Crippen molar-refractivity contribution in [3.05, 3.63) is 94.6 Å². The van der Waals surface area contributed by atoms with E-state index in [1.54, 1.807) is 67.7 Å². The Morgan fingerprint density at radius 2 is 1.91 bits per heavy atom. The summed E-state index contributed by atoms with van der Waals surface area (Å²) in [6, 6.07) is 19.1. The Hall–Kier alpha value is -5.07. The standard InChI is InChI=1S/C35H38N4O5/c1-23-5-16-32(40)30(19-23)33(36)27(21-37-3)11-6-25-7-12-28(13-8-25)38-34(41)31-22-44-18-17-39(31)35(42)24(2)20-26-9-14-29(43-4)15-10-26/h5,7-10,12-16,19,21,24,31,40H,17-18,20,22,36H2,1-4H3,(H,38,41)/t24-,31?/m0/s1. The van der Waals surface area contributed by atoms with Gasteiger partial charge >= 0.3 is 0 Å². The topological polar surface area (TPSA) is 126 Å². The molecule has 2 amide bonds. The fraction of sp³-hybridized carbons (Fsp3) is 0.286. The molecule has 0 spiro atoms. The van der Waals surface area contributed by atoms with Gasteiger partial charge in [0.25, 0.3) is 0 Å². The molecule has 1 saturated heterocycles. The SMILES string of the molecule is CN=CC(C#Cc1ccc(NC(=O)C2COCCN2C(=O)[C@@H](C)Cc2ccc(OC)cc2)cc1)=C(N)c1cc(C)ccc1O. The van der Waals surface area contributed by atoms with Crippen LogP contribution >= 0.6 is 0 Å². The van der Waals surface area contributed by atoms with Crippen molar-refractivity contribution in [1.29, 1.82) is 0 Å². The molecule has 0 radical (unpaired) electrons. The van der Waals surface area contributed by atoms with Crippen LogP contribution in [0, 0.1) is 24.7 Å². The lowest BCUT2D eigenvalue weighted by Gasteiger charge is -2.36. The fourth-order valence-corrected chi connectivity index (χ4v) is 4.88. The smallest absolute Gasteiger partial charge is 0.249 e. The summed E-state index contributed by atoms with van der Waals surface area (Å²) >= 11 is 0. The predicted octanol–water partition coefficient (Wildman–Crippen LogP) is 4.18. The number of phenols is 1. The summed E-state index contributed by atoms with van der Waals surface area (Å²) < 4.78 is 10.8. The molecule has 228 valence electrons. The monoisotopic (exact) mass is 594 g/mol. The maximum atomic E-state index is 13.4. The first-order valence-corrected chi connectivity index (χ1v) is 14.4. The number of aromatic hydroxyl groups is 1. The highest BCUT2D eigenvalue weighted by atomic mass is 16.5. The first-order chi connectivity index (χ1) is 21.2. The lowest BCUT2D eigenvalue weighted by atomic mass is 9.98. The van der Waals surface area contributed by atoms with Crippen molar-refractivity contribution in [2.24, 2.45) is 16.6 Å². The van der Waals surface area contributed by atoms with Crippen LogP contribution in [0.5, 0.6) is 11.5 Å². The van der Waals surface area contributed by atoms with Gasteiger partial charge in [0.1, 0.15) is 17.5 Å². The van der Waals surface area contributed by atoms with Gasteiger partial charge in [0.2, 0.25) is 11.8 Å². The molecule has 3 aromatic carbocycles. The van der Waals surface area contributed by atoms with E-state index in [0.717, 1.165) is 16.9 Å². The van der Waals surface area contributed by atoms with Crippen LogP contribution in [0.4, 0.5) is 5.69 Å². The van der Waals surface area contributed by atoms with Crippen molar-refractivity contribution >= 4 is 29.4 Å². The number of hydrogen-bond acceptors (Lipinski definition) is 7. The van der Waals surface area contributed by atoms with Gasteiger partial charge in [-0.1, -0.05) is 42.5 Å². The Morgan fingerprint density at radius 1 is 1.18 bits per heavy atom. The Labute approximate surface area is 258 Å². The van der Waals surface area contributed by atoms with E-state index in [9.17, 15) is 14.7 Å². The first-order valence-electron chi connectivity index (χ1n) is 14.4. The number of nitrogens with one attached hydrogen (secondary N) is 1. The Morgan fingerprint density at radius 3 is 2.59 bits per heavy atom. The molecule has 4 N–H and O–H groups in total. The molecule has 2 atom stereocenters. The number of aryl methyl sites for hydroxylation is 1. The third kappa shape index (κ3) is 8.06. The van der Waals surface area contributed by atoms with Crippen LogP contribution < -0.4 is 15.8 Å². The predicted molar refractivity (Wildman–Crippen MR) is 172 cm³/mol.